The quantitative estimate of drug-likeness (QED) is 0.368. The van der Waals surface area contributed by atoms with Gasteiger partial charge in [-0.3, -0.25) is 9.69 Å². The molecule has 4 aromatic rings. The van der Waals surface area contributed by atoms with E-state index in [1.54, 1.807) is 0 Å². The van der Waals surface area contributed by atoms with Crippen molar-refractivity contribution in [3.63, 3.8) is 0 Å². The normalized spacial score (nSPS) is 13.2. The molecule has 0 spiro atoms. The second-order valence-corrected chi connectivity index (χ2v) is 11.3. The summed E-state index contributed by atoms with van der Waals surface area (Å²) in [7, 11) is 0. The number of nitrogens with zero attached hydrogens (tertiary/aromatic N) is 5. The summed E-state index contributed by atoms with van der Waals surface area (Å²) in [6, 6.07) is 14.7. The number of hydrogen-bond donors (Lipinski definition) is 1. The predicted molar refractivity (Wildman–Crippen MR) is 145 cm³/mol. The van der Waals surface area contributed by atoms with Crippen LogP contribution in [0.25, 0.3) is 10.9 Å². The Morgan fingerprint density at radius 2 is 1.64 bits per heavy atom. The fraction of sp³-hybridized carbons (Fsp3) is 0.448. The largest absolute Gasteiger partial charge is 0.322 e. The molecule has 190 valence electrons. The van der Waals surface area contributed by atoms with Crippen molar-refractivity contribution in [3.05, 3.63) is 86.5 Å². The summed E-state index contributed by atoms with van der Waals surface area (Å²) in [6.45, 7) is 18.1. The van der Waals surface area contributed by atoms with E-state index in [-0.39, 0.29) is 23.1 Å². The molecule has 2 heterocycles. The molecule has 2 aromatic heterocycles. The van der Waals surface area contributed by atoms with Gasteiger partial charge < -0.3 is 4.98 Å². The number of nitrogens with one attached hydrogen (secondary N) is 1. The monoisotopic (exact) mass is 486 g/mol. The molecular formula is C29H38N6O. The molecule has 0 fully saturated rings. The first kappa shape index (κ1) is 25.8. The smallest absolute Gasteiger partial charge is 0.252 e. The Labute approximate surface area is 213 Å². The first-order valence-corrected chi connectivity index (χ1v) is 12.7. The van der Waals surface area contributed by atoms with Gasteiger partial charge in [0.05, 0.1) is 11.6 Å². The second-order valence-electron chi connectivity index (χ2n) is 11.3. The van der Waals surface area contributed by atoms with Gasteiger partial charge in [0, 0.05) is 24.2 Å². The SMILES string of the molecule is Cc1ccc(CN(Cc2cc3cc(C)c(C)cc3[nH]c2=O)[C@H](c2nnnn2C(C)(C)C)C(C)C)cc1. The Morgan fingerprint density at radius 3 is 2.28 bits per heavy atom. The Bertz CT molecular complexity index is 1410. The molecule has 0 saturated carbocycles. The Hall–Kier alpha value is -3.32. The van der Waals surface area contributed by atoms with Gasteiger partial charge in [-0.25, -0.2) is 4.68 Å². The second kappa shape index (κ2) is 9.97. The molecule has 0 amide bonds. The number of rotatable bonds is 7. The van der Waals surface area contributed by atoms with E-state index in [0.29, 0.717) is 13.1 Å². The standard InChI is InChI=1S/C29H38N6O/c1-18(2)26(27-31-32-33-35(27)29(6,7)8)34(16-22-11-9-19(3)10-12-22)17-24-15-23-13-20(4)21(5)14-25(23)30-28(24)36/h9-15,18,26H,16-17H2,1-8H3,(H,30,36)/t26-/m0/s1. The molecule has 0 saturated heterocycles. The zero-order chi connectivity index (χ0) is 26.2. The van der Waals surface area contributed by atoms with Gasteiger partial charge in [0.15, 0.2) is 5.82 Å². The summed E-state index contributed by atoms with van der Waals surface area (Å²) in [6.07, 6.45) is 0. The molecule has 0 aliphatic rings. The highest BCUT2D eigenvalue weighted by atomic mass is 16.1. The van der Waals surface area contributed by atoms with E-state index in [0.717, 1.165) is 22.3 Å². The van der Waals surface area contributed by atoms with E-state index < -0.39 is 0 Å². The topological polar surface area (TPSA) is 79.7 Å². The van der Waals surface area contributed by atoms with Crippen LogP contribution in [-0.4, -0.2) is 30.1 Å². The average Bonchev–Trinajstić information content (AvgIpc) is 3.27. The number of tetrazole rings is 1. The lowest BCUT2D eigenvalue weighted by Gasteiger charge is -2.35. The molecular weight excluding hydrogens is 448 g/mol. The minimum absolute atomic E-state index is 0.0578. The molecule has 36 heavy (non-hydrogen) atoms. The highest BCUT2D eigenvalue weighted by Crippen LogP contribution is 2.32. The van der Waals surface area contributed by atoms with Crippen LogP contribution < -0.4 is 5.56 Å². The van der Waals surface area contributed by atoms with E-state index in [2.05, 4.69) is 111 Å². The number of H-pyrrole nitrogens is 1. The maximum absolute atomic E-state index is 13.2. The lowest BCUT2D eigenvalue weighted by molar-refractivity contribution is 0.119. The van der Waals surface area contributed by atoms with Crippen molar-refractivity contribution in [2.24, 2.45) is 5.92 Å². The van der Waals surface area contributed by atoms with Gasteiger partial charge in [0.1, 0.15) is 0 Å². The Kier molecular flexibility index (Phi) is 7.14. The number of aromatic amines is 1. The Morgan fingerprint density at radius 1 is 0.972 bits per heavy atom. The Balaban J connectivity index is 1.82. The molecule has 0 unspecified atom stereocenters. The van der Waals surface area contributed by atoms with Crippen molar-refractivity contribution in [1.29, 1.82) is 0 Å². The van der Waals surface area contributed by atoms with Crippen molar-refractivity contribution in [3.8, 4) is 0 Å². The predicted octanol–water partition coefficient (Wildman–Crippen LogP) is 5.59. The molecule has 1 atom stereocenters. The van der Waals surface area contributed by atoms with Crippen LogP contribution in [0, 0.1) is 26.7 Å². The van der Waals surface area contributed by atoms with Crippen LogP contribution >= 0.6 is 0 Å². The molecule has 0 aliphatic heterocycles. The van der Waals surface area contributed by atoms with E-state index in [1.807, 2.05) is 16.8 Å². The average molecular weight is 487 g/mol. The summed E-state index contributed by atoms with van der Waals surface area (Å²) >= 11 is 0. The van der Waals surface area contributed by atoms with E-state index in [9.17, 15) is 4.79 Å². The molecule has 7 heteroatoms. The number of pyridine rings is 1. The lowest BCUT2D eigenvalue weighted by atomic mass is 9.98. The zero-order valence-electron chi connectivity index (χ0n) is 22.8. The van der Waals surface area contributed by atoms with Crippen molar-refractivity contribution in [2.75, 3.05) is 0 Å². The number of aryl methyl sites for hydroxylation is 3. The van der Waals surface area contributed by atoms with Crippen LogP contribution in [0.15, 0.2) is 47.3 Å². The third kappa shape index (κ3) is 5.41. The number of hydrogen-bond acceptors (Lipinski definition) is 5. The van der Waals surface area contributed by atoms with E-state index in [4.69, 9.17) is 0 Å². The molecule has 2 aromatic carbocycles. The number of fused-ring (bicyclic) bond motifs is 1. The molecule has 0 bridgehead atoms. The van der Waals surface area contributed by atoms with Crippen LogP contribution in [0.2, 0.25) is 0 Å². The third-order valence-electron chi connectivity index (χ3n) is 6.83. The first-order chi connectivity index (χ1) is 16.9. The van der Waals surface area contributed by atoms with Crippen LogP contribution in [0.1, 0.15) is 74.3 Å². The third-order valence-corrected chi connectivity index (χ3v) is 6.83. The summed E-state index contributed by atoms with van der Waals surface area (Å²) in [4.78, 5) is 18.7. The van der Waals surface area contributed by atoms with E-state index in [1.165, 1.54) is 22.3 Å². The molecule has 1 N–H and O–H groups in total. The first-order valence-electron chi connectivity index (χ1n) is 12.7. The van der Waals surface area contributed by atoms with Crippen molar-refractivity contribution >= 4 is 10.9 Å². The van der Waals surface area contributed by atoms with Crippen LogP contribution in [0.5, 0.6) is 0 Å². The summed E-state index contributed by atoms with van der Waals surface area (Å²) < 4.78 is 1.91. The maximum Gasteiger partial charge on any atom is 0.252 e. The minimum Gasteiger partial charge on any atom is -0.322 e. The van der Waals surface area contributed by atoms with Crippen molar-refractivity contribution in [1.82, 2.24) is 30.1 Å². The highest BCUT2D eigenvalue weighted by molar-refractivity contribution is 5.80. The highest BCUT2D eigenvalue weighted by Gasteiger charge is 2.33. The summed E-state index contributed by atoms with van der Waals surface area (Å²) in [5.74, 6) is 1.03. The van der Waals surface area contributed by atoms with Gasteiger partial charge in [-0.2, -0.15) is 0 Å². The molecule has 4 rings (SSSR count). The number of aromatic nitrogens is 5. The van der Waals surface area contributed by atoms with Gasteiger partial charge in [-0.1, -0.05) is 43.7 Å². The zero-order valence-corrected chi connectivity index (χ0v) is 22.8. The van der Waals surface area contributed by atoms with Crippen LogP contribution in [0.3, 0.4) is 0 Å². The minimum atomic E-state index is -0.267. The molecule has 0 aliphatic carbocycles. The van der Waals surface area contributed by atoms with Gasteiger partial charge in [-0.05, 0) is 98.2 Å². The maximum atomic E-state index is 13.2. The summed E-state index contributed by atoms with van der Waals surface area (Å²) in [5, 5.41) is 13.9. The number of benzene rings is 2. The van der Waals surface area contributed by atoms with Crippen molar-refractivity contribution < 1.29 is 0 Å². The van der Waals surface area contributed by atoms with Gasteiger partial charge in [-0.15, -0.1) is 5.10 Å². The summed E-state index contributed by atoms with van der Waals surface area (Å²) in [5.41, 5.74) is 6.06. The fourth-order valence-electron chi connectivity index (χ4n) is 4.78. The van der Waals surface area contributed by atoms with Gasteiger partial charge in [0.2, 0.25) is 0 Å². The van der Waals surface area contributed by atoms with Crippen molar-refractivity contribution in [2.45, 2.75) is 80.1 Å². The van der Waals surface area contributed by atoms with Gasteiger partial charge >= 0.3 is 0 Å². The van der Waals surface area contributed by atoms with E-state index >= 15 is 0 Å². The van der Waals surface area contributed by atoms with Gasteiger partial charge in [0.25, 0.3) is 5.56 Å². The molecule has 0 radical (unpaired) electrons. The van der Waals surface area contributed by atoms with Crippen LogP contribution in [0.4, 0.5) is 0 Å². The lowest BCUT2D eigenvalue weighted by Crippen LogP contribution is -2.37. The fourth-order valence-corrected chi connectivity index (χ4v) is 4.78. The van der Waals surface area contributed by atoms with Crippen LogP contribution in [-0.2, 0) is 18.6 Å². The molecule has 7 nitrogen and oxygen atoms in total.